The summed E-state index contributed by atoms with van der Waals surface area (Å²) in [5.41, 5.74) is -1.28. The van der Waals surface area contributed by atoms with Crippen LogP contribution in [0.1, 0.15) is 41.5 Å². The van der Waals surface area contributed by atoms with Crippen LogP contribution in [-0.4, -0.2) is 48.7 Å². The summed E-state index contributed by atoms with van der Waals surface area (Å²) in [6.07, 6.45) is 1.30. The van der Waals surface area contributed by atoms with Gasteiger partial charge in [-0.15, -0.1) is 6.58 Å². The maximum Gasteiger partial charge on any atom is 0.412 e. The van der Waals surface area contributed by atoms with E-state index < -0.39 is 17.4 Å². The lowest BCUT2D eigenvalue weighted by Gasteiger charge is -2.36. The molecule has 0 rings (SSSR count). The Hall–Kier alpha value is -1.07. The van der Waals surface area contributed by atoms with E-state index in [4.69, 9.17) is 14.2 Å². The first-order valence-corrected chi connectivity index (χ1v) is 6.84. The fourth-order valence-electron chi connectivity index (χ4n) is 1.24. The number of amides is 1. The first-order chi connectivity index (χ1) is 8.99. The topological polar surface area (TPSA) is 48.0 Å². The van der Waals surface area contributed by atoms with Gasteiger partial charge in [0.2, 0.25) is 0 Å². The molecule has 1 amide bonds. The molecule has 0 N–H and O–H groups in total. The average molecular weight is 287 g/mol. The molecule has 20 heavy (non-hydrogen) atoms. The Kier molecular flexibility index (Phi) is 7.23. The van der Waals surface area contributed by atoms with E-state index >= 15 is 0 Å². The van der Waals surface area contributed by atoms with E-state index in [1.807, 2.05) is 41.5 Å². The molecule has 0 fully saturated rings. The van der Waals surface area contributed by atoms with Gasteiger partial charge in [-0.2, -0.15) is 0 Å². The number of hydrogen-bond acceptors (Lipinski definition) is 4. The number of carbonyl (C=O) groups is 1. The molecule has 5 nitrogen and oxygen atoms in total. The van der Waals surface area contributed by atoms with Crippen LogP contribution in [-0.2, 0) is 14.2 Å². The summed E-state index contributed by atoms with van der Waals surface area (Å²) in [7, 11) is 1.65. The van der Waals surface area contributed by atoms with E-state index in [0.29, 0.717) is 13.2 Å². The van der Waals surface area contributed by atoms with Crippen molar-refractivity contribution in [3.05, 3.63) is 12.7 Å². The molecule has 0 bridgehead atoms. The van der Waals surface area contributed by atoms with Crippen molar-refractivity contribution >= 4 is 6.09 Å². The number of carbonyl (C=O) groups excluding carboxylic acids is 1. The molecule has 0 spiro atoms. The normalized spacial score (nSPS) is 13.8. The smallest absolute Gasteiger partial charge is 0.412 e. The zero-order valence-corrected chi connectivity index (χ0v) is 13.9. The van der Waals surface area contributed by atoms with Gasteiger partial charge in [-0.1, -0.05) is 6.08 Å². The average Bonchev–Trinajstić information content (AvgIpc) is 2.31. The standard InChI is InChI=1S/C15H29NO4/c1-9-12(2)18-10-11-19-15(6,7)16(8)13(17)20-14(3,4)5/h9,12H,1,10-11H2,2-8H3. The van der Waals surface area contributed by atoms with Crippen molar-refractivity contribution in [3.63, 3.8) is 0 Å². The third kappa shape index (κ3) is 7.50. The zero-order valence-electron chi connectivity index (χ0n) is 13.9. The van der Waals surface area contributed by atoms with Crippen LogP contribution in [0.25, 0.3) is 0 Å². The minimum Gasteiger partial charge on any atom is -0.444 e. The maximum absolute atomic E-state index is 12.0. The molecule has 0 aliphatic carbocycles. The van der Waals surface area contributed by atoms with Crippen molar-refractivity contribution in [2.45, 2.75) is 59.0 Å². The van der Waals surface area contributed by atoms with Crippen molar-refractivity contribution in [2.75, 3.05) is 20.3 Å². The van der Waals surface area contributed by atoms with Crippen LogP contribution in [0.5, 0.6) is 0 Å². The van der Waals surface area contributed by atoms with Crippen LogP contribution in [0.2, 0.25) is 0 Å². The van der Waals surface area contributed by atoms with Crippen molar-refractivity contribution in [1.29, 1.82) is 0 Å². The van der Waals surface area contributed by atoms with E-state index in [1.54, 1.807) is 13.1 Å². The second kappa shape index (κ2) is 7.64. The Morgan fingerprint density at radius 3 is 2.25 bits per heavy atom. The van der Waals surface area contributed by atoms with Crippen LogP contribution in [0.3, 0.4) is 0 Å². The molecule has 0 saturated carbocycles. The van der Waals surface area contributed by atoms with Crippen LogP contribution < -0.4 is 0 Å². The monoisotopic (exact) mass is 287 g/mol. The van der Waals surface area contributed by atoms with Gasteiger partial charge in [0.1, 0.15) is 11.3 Å². The van der Waals surface area contributed by atoms with Gasteiger partial charge in [-0.25, -0.2) is 4.79 Å². The number of rotatable bonds is 7. The van der Waals surface area contributed by atoms with Gasteiger partial charge in [-0.3, -0.25) is 4.90 Å². The fourth-order valence-corrected chi connectivity index (χ4v) is 1.24. The molecule has 0 aromatic heterocycles. The summed E-state index contributed by atoms with van der Waals surface area (Å²) in [5, 5.41) is 0. The quantitative estimate of drug-likeness (QED) is 0.410. The molecular formula is C15H29NO4. The van der Waals surface area contributed by atoms with Gasteiger partial charge >= 0.3 is 6.09 Å². The molecule has 1 unspecified atom stereocenters. The third-order valence-corrected chi connectivity index (χ3v) is 2.73. The molecule has 0 aromatic carbocycles. The van der Waals surface area contributed by atoms with Crippen LogP contribution in [0.15, 0.2) is 12.7 Å². The highest BCUT2D eigenvalue weighted by molar-refractivity contribution is 5.68. The first kappa shape index (κ1) is 18.9. The van der Waals surface area contributed by atoms with Crippen LogP contribution in [0, 0.1) is 0 Å². The SMILES string of the molecule is C=CC(C)OCCOC(C)(C)N(C)C(=O)OC(C)(C)C. The lowest BCUT2D eigenvalue weighted by molar-refractivity contribution is -0.130. The maximum atomic E-state index is 12.0. The molecule has 0 aliphatic heterocycles. The molecule has 0 aliphatic rings. The van der Waals surface area contributed by atoms with Crippen LogP contribution in [0.4, 0.5) is 4.79 Å². The fraction of sp³-hybridized carbons (Fsp3) is 0.800. The highest BCUT2D eigenvalue weighted by Gasteiger charge is 2.31. The molecule has 0 radical (unpaired) electrons. The highest BCUT2D eigenvalue weighted by atomic mass is 16.6. The summed E-state index contributed by atoms with van der Waals surface area (Å²) in [4.78, 5) is 13.4. The molecular weight excluding hydrogens is 258 g/mol. The van der Waals surface area contributed by atoms with E-state index in [9.17, 15) is 4.79 Å². The van der Waals surface area contributed by atoms with E-state index in [0.717, 1.165) is 0 Å². The van der Waals surface area contributed by atoms with Crippen LogP contribution >= 0.6 is 0 Å². The summed E-state index contributed by atoms with van der Waals surface area (Å²) in [6.45, 7) is 15.5. The van der Waals surface area contributed by atoms with Gasteiger partial charge < -0.3 is 14.2 Å². The van der Waals surface area contributed by atoms with E-state index in [-0.39, 0.29) is 6.10 Å². The van der Waals surface area contributed by atoms with Gasteiger partial charge in [0, 0.05) is 7.05 Å². The van der Waals surface area contributed by atoms with Crippen molar-refractivity contribution in [1.82, 2.24) is 4.90 Å². The summed E-state index contributed by atoms with van der Waals surface area (Å²) in [5.74, 6) is 0. The predicted octanol–water partition coefficient (Wildman–Crippen LogP) is 3.20. The van der Waals surface area contributed by atoms with E-state index in [1.165, 1.54) is 4.90 Å². The third-order valence-electron chi connectivity index (χ3n) is 2.73. The first-order valence-electron chi connectivity index (χ1n) is 6.84. The Morgan fingerprint density at radius 1 is 1.25 bits per heavy atom. The predicted molar refractivity (Wildman–Crippen MR) is 79.6 cm³/mol. The largest absolute Gasteiger partial charge is 0.444 e. The van der Waals surface area contributed by atoms with Gasteiger partial charge in [-0.05, 0) is 41.5 Å². The Labute approximate surface area is 122 Å². The van der Waals surface area contributed by atoms with Crippen molar-refractivity contribution < 1.29 is 19.0 Å². The molecule has 1 atom stereocenters. The molecule has 0 aromatic rings. The minimum absolute atomic E-state index is 0.00898. The van der Waals surface area contributed by atoms with Crippen molar-refractivity contribution in [2.24, 2.45) is 0 Å². The Bertz CT molecular complexity index is 320. The molecule has 0 heterocycles. The minimum atomic E-state index is -0.761. The zero-order chi connectivity index (χ0) is 16.0. The Balaban J connectivity index is 4.27. The summed E-state index contributed by atoms with van der Waals surface area (Å²) in [6, 6.07) is 0. The van der Waals surface area contributed by atoms with E-state index in [2.05, 4.69) is 6.58 Å². The summed E-state index contributed by atoms with van der Waals surface area (Å²) < 4.78 is 16.4. The second-order valence-corrected chi connectivity index (χ2v) is 6.15. The van der Waals surface area contributed by atoms with Gasteiger partial charge in [0.25, 0.3) is 0 Å². The second-order valence-electron chi connectivity index (χ2n) is 6.15. The van der Waals surface area contributed by atoms with Gasteiger partial charge in [0.05, 0.1) is 19.3 Å². The Morgan fingerprint density at radius 2 is 1.80 bits per heavy atom. The molecule has 5 heteroatoms. The number of nitrogens with zero attached hydrogens (tertiary/aromatic N) is 1. The number of hydrogen-bond donors (Lipinski definition) is 0. The summed E-state index contributed by atoms with van der Waals surface area (Å²) >= 11 is 0. The van der Waals surface area contributed by atoms with Gasteiger partial charge in [0.15, 0.2) is 0 Å². The molecule has 118 valence electrons. The molecule has 0 saturated heterocycles. The lowest BCUT2D eigenvalue weighted by atomic mass is 10.2. The lowest BCUT2D eigenvalue weighted by Crippen LogP contribution is -2.49. The van der Waals surface area contributed by atoms with Crippen molar-refractivity contribution in [3.8, 4) is 0 Å². The number of ether oxygens (including phenoxy) is 3. The highest BCUT2D eigenvalue weighted by Crippen LogP contribution is 2.18.